The molecule has 1 saturated heterocycles. The van der Waals surface area contributed by atoms with E-state index in [2.05, 4.69) is 40.0 Å². The fourth-order valence-corrected chi connectivity index (χ4v) is 3.33. The number of H-pyrrole nitrogens is 1. The molecule has 0 spiro atoms. The Morgan fingerprint density at radius 3 is 3.04 bits per heavy atom. The Kier molecular flexibility index (Phi) is 4.53. The van der Waals surface area contributed by atoms with E-state index in [1.54, 1.807) is 18.7 Å². The number of nitrogens with one attached hydrogen (secondary N) is 2. The molecule has 4 rings (SSSR count). The Labute approximate surface area is 151 Å². The van der Waals surface area contributed by atoms with Crippen LogP contribution in [0.5, 0.6) is 0 Å². The molecule has 3 N–H and O–H groups in total. The van der Waals surface area contributed by atoms with Crippen molar-refractivity contribution in [3.8, 4) is 0 Å². The van der Waals surface area contributed by atoms with E-state index in [1.807, 2.05) is 19.3 Å². The highest BCUT2D eigenvalue weighted by atomic mass is 16.3. The molecule has 0 bridgehead atoms. The van der Waals surface area contributed by atoms with Gasteiger partial charge in [0.2, 0.25) is 0 Å². The third-order valence-corrected chi connectivity index (χ3v) is 4.76. The lowest BCUT2D eigenvalue weighted by Crippen LogP contribution is -2.35. The third kappa shape index (κ3) is 3.13. The molecule has 26 heavy (non-hydrogen) atoms. The van der Waals surface area contributed by atoms with Gasteiger partial charge in [-0.1, -0.05) is 0 Å². The minimum atomic E-state index is 0.0682. The van der Waals surface area contributed by atoms with E-state index < -0.39 is 0 Å². The summed E-state index contributed by atoms with van der Waals surface area (Å²) in [6.45, 7) is 2.35. The van der Waals surface area contributed by atoms with E-state index in [0.29, 0.717) is 18.4 Å². The Bertz CT molecular complexity index is 865. The molecule has 9 nitrogen and oxygen atoms in total. The molecule has 1 unspecified atom stereocenters. The third-order valence-electron chi connectivity index (χ3n) is 4.76. The zero-order valence-electron chi connectivity index (χ0n) is 14.6. The summed E-state index contributed by atoms with van der Waals surface area (Å²) >= 11 is 0. The summed E-state index contributed by atoms with van der Waals surface area (Å²) in [6.07, 6.45) is 7.98. The molecule has 1 fully saturated rings. The van der Waals surface area contributed by atoms with Gasteiger partial charge in [-0.3, -0.25) is 0 Å². The molecule has 0 saturated carbocycles. The zero-order chi connectivity index (χ0) is 17.9. The first-order valence-electron chi connectivity index (χ1n) is 8.69. The van der Waals surface area contributed by atoms with Gasteiger partial charge in [0, 0.05) is 38.9 Å². The number of hydrogen-bond donors (Lipinski definition) is 3. The molecular weight excluding hydrogens is 332 g/mol. The average molecular weight is 354 g/mol. The lowest BCUT2D eigenvalue weighted by atomic mass is 10.2. The van der Waals surface area contributed by atoms with Gasteiger partial charge >= 0.3 is 0 Å². The summed E-state index contributed by atoms with van der Waals surface area (Å²) in [7, 11) is 2.05. The normalized spacial score (nSPS) is 17.0. The molecular formula is C17H22N8O. The molecule has 1 aliphatic heterocycles. The molecule has 9 heteroatoms. The van der Waals surface area contributed by atoms with Crippen molar-refractivity contribution in [1.82, 2.24) is 24.9 Å². The quantitative estimate of drug-likeness (QED) is 0.599. The highest BCUT2D eigenvalue weighted by Gasteiger charge is 2.28. The van der Waals surface area contributed by atoms with Crippen LogP contribution in [0.25, 0.3) is 11.0 Å². The fourth-order valence-electron chi connectivity index (χ4n) is 3.33. The number of hydrogen-bond acceptors (Lipinski definition) is 8. The number of aliphatic hydroxyl groups is 1. The maximum atomic E-state index is 8.85. The first-order chi connectivity index (χ1) is 12.8. The van der Waals surface area contributed by atoms with E-state index in [-0.39, 0.29) is 6.61 Å². The van der Waals surface area contributed by atoms with Crippen molar-refractivity contribution in [3.63, 3.8) is 0 Å². The van der Waals surface area contributed by atoms with E-state index in [4.69, 9.17) is 5.11 Å². The van der Waals surface area contributed by atoms with Crippen LogP contribution >= 0.6 is 0 Å². The van der Waals surface area contributed by atoms with Gasteiger partial charge in [-0.2, -0.15) is 0 Å². The SMILES string of the molecule is CN(c1cnc(NCCO)cn1)C1CCN(c2ncnc3[nH]ccc23)C1. The number of fused-ring (bicyclic) bond motifs is 1. The topological polar surface area (TPSA) is 106 Å². The summed E-state index contributed by atoms with van der Waals surface area (Å²) in [5.41, 5.74) is 0.864. The van der Waals surface area contributed by atoms with Gasteiger partial charge in [0.15, 0.2) is 0 Å². The Hall–Kier alpha value is -2.94. The highest BCUT2D eigenvalue weighted by molar-refractivity contribution is 5.87. The average Bonchev–Trinajstić information content (AvgIpc) is 3.35. The van der Waals surface area contributed by atoms with Gasteiger partial charge in [0.25, 0.3) is 0 Å². The predicted molar refractivity (Wildman–Crippen MR) is 101 cm³/mol. The molecule has 3 aromatic rings. The van der Waals surface area contributed by atoms with Crippen LogP contribution in [0.3, 0.4) is 0 Å². The van der Waals surface area contributed by atoms with Crippen LogP contribution in [-0.2, 0) is 0 Å². The van der Waals surface area contributed by atoms with Crippen LogP contribution in [-0.4, -0.2) is 69.4 Å². The first-order valence-corrected chi connectivity index (χ1v) is 8.69. The number of rotatable bonds is 6. The van der Waals surface area contributed by atoms with Crippen molar-refractivity contribution in [2.75, 3.05) is 48.4 Å². The Balaban J connectivity index is 1.45. The monoisotopic (exact) mass is 354 g/mol. The number of nitrogens with zero attached hydrogens (tertiary/aromatic N) is 6. The van der Waals surface area contributed by atoms with Crippen LogP contribution in [0.4, 0.5) is 17.5 Å². The molecule has 0 aliphatic carbocycles. The molecule has 3 aromatic heterocycles. The Morgan fingerprint density at radius 2 is 2.23 bits per heavy atom. The smallest absolute Gasteiger partial charge is 0.147 e. The number of anilines is 3. The number of aliphatic hydroxyl groups excluding tert-OH is 1. The number of aromatic nitrogens is 5. The molecule has 0 amide bonds. The largest absolute Gasteiger partial charge is 0.395 e. The van der Waals surface area contributed by atoms with Crippen LogP contribution in [0.2, 0.25) is 0 Å². The second kappa shape index (κ2) is 7.12. The second-order valence-corrected chi connectivity index (χ2v) is 6.35. The highest BCUT2D eigenvalue weighted by Crippen LogP contribution is 2.27. The second-order valence-electron chi connectivity index (χ2n) is 6.35. The van der Waals surface area contributed by atoms with Crippen LogP contribution in [0.15, 0.2) is 31.0 Å². The summed E-state index contributed by atoms with van der Waals surface area (Å²) in [5, 5.41) is 12.9. The molecule has 0 radical (unpaired) electrons. The molecule has 136 valence electrons. The van der Waals surface area contributed by atoms with Crippen molar-refractivity contribution in [2.24, 2.45) is 0 Å². The maximum Gasteiger partial charge on any atom is 0.147 e. The van der Waals surface area contributed by atoms with Crippen molar-refractivity contribution in [2.45, 2.75) is 12.5 Å². The van der Waals surface area contributed by atoms with Crippen molar-refractivity contribution < 1.29 is 5.11 Å². The molecule has 4 heterocycles. The summed E-state index contributed by atoms with van der Waals surface area (Å²) < 4.78 is 0. The van der Waals surface area contributed by atoms with E-state index in [0.717, 1.165) is 42.2 Å². The van der Waals surface area contributed by atoms with Gasteiger partial charge < -0.3 is 25.2 Å². The van der Waals surface area contributed by atoms with Gasteiger partial charge in [-0.05, 0) is 12.5 Å². The minimum Gasteiger partial charge on any atom is -0.395 e. The fraction of sp³-hybridized carbons (Fsp3) is 0.412. The number of aromatic amines is 1. The minimum absolute atomic E-state index is 0.0682. The summed E-state index contributed by atoms with van der Waals surface area (Å²) in [4.78, 5) is 25.2. The molecule has 1 atom stereocenters. The predicted octanol–water partition coefficient (Wildman–Crippen LogP) is 0.867. The lowest BCUT2D eigenvalue weighted by molar-refractivity contribution is 0.311. The zero-order valence-corrected chi connectivity index (χ0v) is 14.6. The summed E-state index contributed by atoms with van der Waals surface area (Å²) in [5.74, 6) is 2.47. The van der Waals surface area contributed by atoms with Crippen molar-refractivity contribution >= 4 is 28.5 Å². The van der Waals surface area contributed by atoms with Gasteiger partial charge in [0.1, 0.15) is 29.4 Å². The van der Waals surface area contributed by atoms with E-state index in [1.165, 1.54) is 0 Å². The number of likely N-dealkylation sites (N-methyl/N-ethyl adjacent to an activating group) is 1. The summed E-state index contributed by atoms with van der Waals surface area (Å²) in [6, 6.07) is 2.36. The maximum absolute atomic E-state index is 8.85. The van der Waals surface area contributed by atoms with Gasteiger partial charge in [-0.25, -0.2) is 19.9 Å². The Morgan fingerprint density at radius 1 is 1.31 bits per heavy atom. The van der Waals surface area contributed by atoms with Gasteiger partial charge in [0.05, 0.1) is 24.4 Å². The van der Waals surface area contributed by atoms with Crippen molar-refractivity contribution in [3.05, 3.63) is 31.0 Å². The molecule has 0 aromatic carbocycles. The van der Waals surface area contributed by atoms with Gasteiger partial charge in [-0.15, -0.1) is 0 Å². The van der Waals surface area contributed by atoms with Crippen LogP contribution in [0, 0.1) is 0 Å². The molecule has 1 aliphatic rings. The van der Waals surface area contributed by atoms with E-state index >= 15 is 0 Å². The van der Waals surface area contributed by atoms with Crippen LogP contribution in [0.1, 0.15) is 6.42 Å². The first kappa shape index (κ1) is 16.5. The van der Waals surface area contributed by atoms with Crippen LogP contribution < -0.4 is 15.1 Å². The lowest BCUT2D eigenvalue weighted by Gasteiger charge is -2.26. The van der Waals surface area contributed by atoms with E-state index in [9.17, 15) is 0 Å². The standard InChI is InChI=1S/C17H22N8O/c1-24(15-9-20-14(8-21-15)18-5-7-26)12-3-6-25(10-12)17-13-2-4-19-16(13)22-11-23-17/h2,4,8-9,11-12,26H,3,5-7,10H2,1H3,(H,18,20)(H,19,22,23). The van der Waals surface area contributed by atoms with Crippen molar-refractivity contribution in [1.29, 1.82) is 0 Å².